The van der Waals surface area contributed by atoms with Gasteiger partial charge in [0.15, 0.2) is 11.5 Å². The number of rotatable bonds is 8. The molecule has 0 spiro atoms. The van der Waals surface area contributed by atoms with Crippen molar-refractivity contribution in [2.45, 2.75) is 50.8 Å². The third kappa shape index (κ3) is 7.78. The molecule has 3 aliphatic rings. The van der Waals surface area contributed by atoms with Crippen LogP contribution in [0.5, 0.6) is 5.75 Å². The molecule has 6 rings (SSSR count). The SMILES string of the molecule is N#Cc1ccc(OC2CCC(NC(=O)c3ccc(N4CCN(Cc5ccc(N6CCC(=O)NC6=O)c(F)c5)CC4)nn3)CC2)cc1Cl. The second-order valence-electron chi connectivity index (χ2n) is 11.9. The summed E-state index contributed by atoms with van der Waals surface area (Å²) in [5.74, 6) is 0.197. The molecule has 3 aromatic rings. The van der Waals surface area contributed by atoms with E-state index in [2.05, 4.69) is 30.6 Å². The van der Waals surface area contributed by atoms with E-state index >= 15 is 0 Å². The van der Waals surface area contributed by atoms with Crippen LogP contribution >= 0.6 is 11.6 Å². The lowest BCUT2D eigenvalue weighted by Crippen LogP contribution is -2.49. The van der Waals surface area contributed by atoms with E-state index in [1.54, 1.807) is 36.4 Å². The maximum Gasteiger partial charge on any atom is 0.328 e. The zero-order valence-corrected chi connectivity index (χ0v) is 26.4. The van der Waals surface area contributed by atoms with Crippen molar-refractivity contribution in [3.8, 4) is 11.8 Å². The second-order valence-corrected chi connectivity index (χ2v) is 12.3. The first kappa shape index (κ1) is 32.2. The number of nitriles is 1. The number of nitrogens with zero attached hydrogens (tertiary/aromatic N) is 6. The van der Waals surface area contributed by atoms with Gasteiger partial charge in [0.1, 0.15) is 17.6 Å². The summed E-state index contributed by atoms with van der Waals surface area (Å²) in [5, 5.41) is 23.2. The van der Waals surface area contributed by atoms with E-state index in [9.17, 15) is 18.8 Å². The van der Waals surface area contributed by atoms with Crippen LogP contribution in [0.25, 0.3) is 0 Å². The zero-order chi connectivity index (χ0) is 32.9. The fourth-order valence-corrected chi connectivity index (χ4v) is 6.32. The molecule has 2 aliphatic heterocycles. The highest BCUT2D eigenvalue weighted by Gasteiger charge is 2.28. The van der Waals surface area contributed by atoms with Crippen LogP contribution in [0.3, 0.4) is 0 Å². The Bertz CT molecular complexity index is 1680. The van der Waals surface area contributed by atoms with Crippen molar-refractivity contribution in [1.82, 2.24) is 25.7 Å². The number of nitrogens with one attached hydrogen (secondary N) is 2. The number of benzene rings is 2. The lowest BCUT2D eigenvalue weighted by molar-refractivity contribution is -0.120. The summed E-state index contributed by atoms with van der Waals surface area (Å²) in [7, 11) is 0. The number of carbonyl (C=O) groups is 3. The molecular formula is C33H34ClFN8O4. The number of hydrogen-bond donors (Lipinski definition) is 2. The predicted octanol–water partition coefficient (Wildman–Crippen LogP) is 4.03. The fourth-order valence-electron chi connectivity index (χ4n) is 6.11. The molecule has 0 atom stereocenters. The smallest absolute Gasteiger partial charge is 0.328 e. The minimum Gasteiger partial charge on any atom is -0.490 e. The van der Waals surface area contributed by atoms with Gasteiger partial charge >= 0.3 is 6.03 Å². The molecule has 47 heavy (non-hydrogen) atoms. The number of halogens is 2. The molecule has 0 unspecified atom stereocenters. The molecule has 0 radical (unpaired) electrons. The summed E-state index contributed by atoms with van der Waals surface area (Å²) in [6.45, 7) is 3.56. The standard InChI is InChI=1S/C33H34ClFN8O4/c34-26-18-25(5-2-22(26)19-36)47-24-6-3-23(4-7-24)37-32(45)28-8-10-30(40-39-28)42-15-13-41(14-16-42)20-21-1-9-29(27(35)17-21)43-12-11-31(44)38-33(43)46/h1-2,5,8-10,17-18,23-24H,3-4,6-7,11-16,20H2,(H,37,45)(H,38,44,46). The number of piperazine rings is 1. The van der Waals surface area contributed by atoms with Gasteiger partial charge in [-0.05, 0) is 67.6 Å². The monoisotopic (exact) mass is 660 g/mol. The Labute approximate surface area is 276 Å². The molecule has 3 heterocycles. The molecule has 4 amide bonds. The number of hydrogen-bond acceptors (Lipinski definition) is 9. The van der Waals surface area contributed by atoms with E-state index in [4.69, 9.17) is 21.6 Å². The number of anilines is 2. The Morgan fingerprint density at radius 1 is 1.02 bits per heavy atom. The van der Waals surface area contributed by atoms with Gasteiger partial charge in [0.05, 0.1) is 22.4 Å². The molecule has 0 bridgehead atoms. The second kappa shape index (κ2) is 14.3. The molecular weight excluding hydrogens is 627 g/mol. The number of ether oxygens (including phenoxy) is 1. The minimum atomic E-state index is -0.613. The number of amides is 4. The van der Waals surface area contributed by atoms with Crippen LogP contribution in [0.15, 0.2) is 48.5 Å². The Morgan fingerprint density at radius 2 is 1.81 bits per heavy atom. The number of imide groups is 1. The summed E-state index contributed by atoms with van der Waals surface area (Å²) in [5.41, 5.74) is 1.62. The van der Waals surface area contributed by atoms with Crippen molar-refractivity contribution in [2.75, 3.05) is 42.5 Å². The molecule has 2 saturated heterocycles. The van der Waals surface area contributed by atoms with E-state index in [1.165, 1.54) is 11.0 Å². The van der Waals surface area contributed by atoms with Crippen molar-refractivity contribution < 1.29 is 23.5 Å². The Morgan fingerprint density at radius 3 is 2.47 bits per heavy atom. The number of aromatic nitrogens is 2. The van der Waals surface area contributed by atoms with E-state index < -0.39 is 11.8 Å². The highest BCUT2D eigenvalue weighted by atomic mass is 35.5. The average Bonchev–Trinajstić information content (AvgIpc) is 3.07. The predicted molar refractivity (Wildman–Crippen MR) is 172 cm³/mol. The van der Waals surface area contributed by atoms with Crippen molar-refractivity contribution in [1.29, 1.82) is 5.26 Å². The first-order chi connectivity index (χ1) is 22.7. The molecule has 1 saturated carbocycles. The maximum absolute atomic E-state index is 14.9. The Hall–Kier alpha value is -4.80. The summed E-state index contributed by atoms with van der Waals surface area (Å²) < 4.78 is 20.9. The molecule has 3 fully saturated rings. The van der Waals surface area contributed by atoms with Crippen molar-refractivity contribution in [3.05, 3.63) is 76.2 Å². The van der Waals surface area contributed by atoms with E-state index in [0.717, 1.165) is 44.3 Å². The lowest BCUT2D eigenvalue weighted by atomic mass is 9.93. The van der Waals surface area contributed by atoms with Gasteiger partial charge in [0.2, 0.25) is 5.91 Å². The third-order valence-corrected chi connectivity index (χ3v) is 9.03. The molecule has 244 valence electrons. The largest absolute Gasteiger partial charge is 0.490 e. The van der Waals surface area contributed by atoms with E-state index in [1.807, 2.05) is 12.1 Å². The summed E-state index contributed by atoms with van der Waals surface area (Å²) in [6.07, 6.45) is 3.24. The van der Waals surface area contributed by atoms with Gasteiger partial charge in [0.25, 0.3) is 5.91 Å². The van der Waals surface area contributed by atoms with Crippen molar-refractivity contribution >= 4 is 41.0 Å². The topological polar surface area (TPSA) is 144 Å². The van der Waals surface area contributed by atoms with Crippen LogP contribution in [-0.4, -0.2) is 77.8 Å². The fraction of sp³-hybridized carbons (Fsp3) is 0.394. The molecule has 12 nitrogen and oxygen atoms in total. The van der Waals surface area contributed by atoms with Crippen molar-refractivity contribution in [3.63, 3.8) is 0 Å². The van der Waals surface area contributed by atoms with Gasteiger partial charge in [-0.2, -0.15) is 5.26 Å². The van der Waals surface area contributed by atoms with Crippen LogP contribution in [0.4, 0.5) is 20.7 Å². The summed E-state index contributed by atoms with van der Waals surface area (Å²) >= 11 is 6.11. The molecule has 2 aromatic carbocycles. The molecule has 1 aliphatic carbocycles. The molecule has 14 heteroatoms. The van der Waals surface area contributed by atoms with Crippen molar-refractivity contribution in [2.24, 2.45) is 0 Å². The van der Waals surface area contributed by atoms with Gasteiger partial charge in [-0.15, -0.1) is 10.2 Å². The van der Waals surface area contributed by atoms with Crippen LogP contribution < -0.4 is 25.2 Å². The Balaban J connectivity index is 0.936. The zero-order valence-electron chi connectivity index (χ0n) is 25.6. The quantitative estimate of drug-likeness (QED) is 0.366. The van der Waals surface area contributed by atoms with Crippen LogP contribution in [0, 0.1) is 17.1 Å². The summed E-state index contributed by atoms with van der Waals surface area (Å²) in [6, 6.07) is 14.8. The van der Waals surface area contributed by atoms with Gasteiger partial charge < -0.3 is 15.0 Å². The van der Waals surface area contributed by atoms with Crippen LogP contribution in [-0.2, 0) is 11.3 Å². The first-order valence-electron chi connectivity index (χ1n) is 15.6. The maximum atomic E-state index is 14.9. The van der Waals surface area contributed by atoms with Gasteiger partial charge in [-0.1, -0.05) is 17.7 Å². The van der Waals surface area contributed by atoms with Gasteiger partial charge in [-0.3, -0.25) is 24.7 Å². The van der Waals surface area contributed by atoms with E-state index in [-0.39, 0.29) is 48.3 Å². The Kier molecular flexibility index (Phi) is 9.79. The lowest BCUT2D eigenvalue weighted by Gasteiger charge is -2.35. The van der Waals surface area contributed by atoms with E-state index in [0.29, 0.717) is 41.8 Å². The average molecular weight is 661 g/mol. The summed E-state index contributed by atoms with van der Waals surface area (Å²) in [4.78, 5) is 41.9. The van der Waals surface area contributed by atoms with Crippen LogP contribution in [0.1, 0.15) is 53.7 Å². The minimum absolute atomic E-state index is 0.0107. The highest BCUT2D eigenvalue weighted by molar-refractivity contribution is 6.31. The number of urea groups is 1. The van der Waals surface area contributed by atoms with Gasteiger partial charge in [0, 0.05) is 57.8 Å². The van der Waals surface area contributed by atoms with Crippen LogP contribution in [0.2, 0.25) is 5.02 Å². The molecule has 2 N–H and O–H groups in total. The first-order valence-corrected chi connectivity index (χ1v) is 16.0. The normalized spacial score (nSPS) is 20.4. The molecule has 1 aromatic heterocycles. The van der Waals surface area contributed by atoms with Gasteiger partial charge in [-0.25, -0.2) is 9.18 Å². The highest BCUT2D eigenvalue weighted by Crippen LogP contribution is 2.28. The number of carbonyl (C=O) groups excluding carboxylic acids is 3. The third-order valence-electron chi connectivity index (χ3n) is 8.72.